The molecule has 1 unspecified atom stereocenters. The lowest BCUT2D eigenvalue weighted by molar-refractivity contribution is -0.140. The smallest absolute Gasteiger partial charge is 0.295 e. The van der Waals surface area contributed by atoms with E-state index in [0.29, 0.717) is 5.56 Å². The van der Waals surface area contributed by atoms with Gasteiger partial charge in [0.25, 0.3) is 11.7 Å². The van der Waals surface area contributed by atoms with Gasteiger partial charge >= 0.3 is 0 Å². The molecule has 1 aromatic heterocycles. The van der Waals surface area contributed by atoms with Gasteiger partial charge in [-0.1, -0.05) is 47.5 Å². The van der Waals surface area contributed by atoms with Crippen LogP contribution in [0, 0.1) is 5.82 Å². The van der Waals surface area contributed by atoms with Gasteiger partial charge in [-0.05, 0) is 29.8 Å². The van der Waals surface area contributed by atoms with Crippen LogP contribution < -0.4 is 4.74 Å². The molecule has 3 aromatic rings. The molecule has 6 nitrogen and oxygen atoms in total. The molecule has 0 saturated carbocycles. The minimum atomic E-state index is -1.17. The number of likely N-dealkylation sites (tertiary alicyclic amines) is 1. The van der Waals surface area contributed by atoms with Gasteiger partial charge in [-0.15, -0.1) is 0 Å². The van der Waals surface area contributed by atoms with Crippen molar-refractivity contribution in [1.29, 1.82) is 0 Å². The normalized spacial score (nSPS) is 17.5. The number of rotatable bonds is 5. The highest BCUT2D eigenvalue weighted by Gasteiger charge is 2.47. The number of nitrogens with zero attached hydrogens (tertiary/aromatic N) is 2. The van der Waals surface area contributed by atoms with Crippen LogP contribution >= 0.6 is 23.2 Å². The number of benzene rings is 2. The van der Waals surface area contributed by atoms with Gasteiger partial charge in [0.2, 0.25) is 0 Å². The summed E-state index contributed by atoms with van der Waals surface area (Å²) < 4.78 is 20.0. The Morgan fingerprint density at radius 2 is 1.85 bits per heavy atom. The standard InChI is InChI=1S/C24H17Cl2FN2O4/c1-33-23-16(25)9-14(10-17(23)26)21(30)19-20(15-6-2-3-7-18(15)27)29(24(32)22(19)31)12-13-5-4-8-28-11-13/h2-11,20,30H,12H2,1H3/b21-19+. The number of ether oxygens (including phenoxy) is 1. The fraction of sp³-hybridized carbons (Fsp3) is 0.125. The van der Waals surface area contributed by atoms with Crippen molar-refractivity contribution in [3.8, 4) is 5.75 Å². The van der Waals surface area contributed by atoms with Crippen LogP contribution in [0.5, 0.6) is 5.75 Å². The van der Waals surface area contributed by atoms with Crippen LogP contribution in [0.2, 0.25) is 10.0 Å². The Balaban J connectivity index is 1.91. The fourth-order valence-electron chi connectivity index (χ4n) is 3.80. The number of carbonyl (C=O) groups excluding carboxylic acids is 2. The number of amides is 1. The topological polar surface area (TPSA) is 79.7 Å². The van der Waals surface area contributed by atoms with Gasteiger partial charge in [0.1, 0.15) is 11.6 Å². The molecule has 168 valence electrons. The van der Waals surface area contributed by atoms with Gasteiger partial charge in [-0.3, -0.25) is 14.6 Å². The molecule has 1 aliphatic rings. The summed E-state index contributed by atoms with van der Waals surface area (Å²) in [4.78, 5) is 31.3. The molecule has 0 aliphatic carbocycles. The van der Waals surface area contributed by atoms with Crippen LogP contribution in [0.15, 0.2) is 66.5 Å². The van der Waals surface area contributed by atoms with Crippen molar-refractivity contribution in [3.05, 3.63) is 99.1 Å². The van der Waals surface area contributed by atoms with Crippen molar-refractivity contribution in [1.82, 2.24) is 9.88 Å². The highest BCUT2D eigenvalue weighted by atomic mass is 35.5. The molecule has 0 bridgehead atoms. The van der Waals surface area contributed by atoms with E-state index in [0.717, 1.165) is 0 Å². The molecule has 1 atom stereocenters. The number of Topliss-reactive ketones (excluding diaryl/α,β-unsaturated/α-hetero) is 1. The molecule has 1 amide bonds. The quantitative estimate of drug-likeness (QED) is 0.306. The van der Waals surface area contributed by atoms with Crippen LogP contribution in [0.1, 0.15) is 22.7 Å². The summed E-state index contributed by atoms with van der Waals surface area (Å²) >= 11 is 12.4. The number of hydrogen-bond donors (Lipinski definition) is 1. The third-order valence-electron chi connectivity index (χ3n) is 5.29. The van der Waals surface area contributed by atoms with Crippen LogP contribution in [0.4, 0.5) is 4.39 Å². The van der Waals surface area contributed by atoms with E-state index in [9.17, 15) is 19.1 Å². The molecule has 0 radical (unpaired) electrons. The monoisotopic (exact) mass is 486 g/mol. The highest BCUT2D eigenvalue weighted by Crippen LogP contribution is 2.43. The molecule has 1 fully saturated rings. The summed E-state index contributed by atoms with van der Waals surface area (Å²) in [6, 6.07) is 10.7. The molecule has 2 heterocycles. The molecule has 9 heteroatoms. The molecule has 2 aromatic carbocycles. The number of hydrogen-bond acceptors (Lipinski definition) is 5. The number of aliphatic hydroxyl groups is 1. The second-order valence-electron chi connectivity index (χ2n) is 7.28. The van der Waals surface area contributed by atoms with Crippen molar-refractivity contribution in [2.24, 2.45) is 0 Å². The number of carbonyl (C=O) groups is 2. The van der Waals surface area contributed by atoms with E-state index in [1.54, 1.807) is 30.6 Å². The van der Waals surface area contributed by atoms with Gasteiger partial charge in [-0.25, -0.2) is 4.39 Å². The Kier molecular flexibility index (Phi) is 6.35. The predicted molar refractivity (Wildman–Crippen MR) is 121 cm³/mol. The second kappa shape index (κ2) is 9.21. The highest BCUT2D eigenvalue weighted by molar-refractivity contribution is 6.46. The summed E-state index contributed by atoms with van der Waals surface area (Å²) in [5.74, 6) is -2.79. The molecular weight excluding hydrogens is 470 g/mol. The Hall–Kier alpha value is -3.42. The van der Waals surface area contributed by atoms with E-state index in [-0.39, 0.29) is 39.0 Å². The van der Waals surface area contributed by atoms with Gasteiger partial charge in [0.05, 0.1) is 28.8 Å². The number of ketones is 1. The summed E-state index contributed by atoms with van der Waals surface area (Å²) in [6.07, 6.45) is 3.11. The van der Waals surface area contributed by atoms with E-state index in [2.05, 4.69) is 4.98 Å². The van der Waals surface area contributed by atoms with Crippen molar-refractivity contribution in [2.75, 3.05) is 7.11 Å². The molecule has 4 rings (SSSR count). The van der Waals surface area contributed by atoms with E-state index in [1.807, 2.05) is 0 Å². The Bertz CT molecular complexity index is 1260. The van der Waals surface area contributed by atoms with E-state index < -0.39 is 29.3 Å². The van der Waals surface area contributed by atoms with Crippen LogP contribution in [0.25, 0.3) is 5.76 Å². The van der Waals surface area contributed by atoms with Gasteiger partial charge in [0, 0.05) is 30.1 Å². The first-order valence-corrected chi connectivity index (χ1v) is 10.5. The maximum absolute atomic E-state index is 14.8. The first-order chi connectivity index (χ1) is 15.8. The largest absolute Gasteiger partial charge is 0.507 e. The number of aliphatic hydroxyl groups excluding tert-OH is 1. The van der Waals surface area contributed by atoms with E-state index in [4.69, 9.17) is 27.9 Å². The third-order valence-corrected chi connectivity index (χ3v) is 5.85. The minimum Gasteiger partial charge on any atom is -0.507 e. The van der Waals surface area contributed by atoms with Crippen molar-refractivity contribution < 1.29 is 23.8 Å². The molecular formula is C24H17Cl2FN2O4. The van der Waals surface area contributed by atoms with Crippen molar-refractivity contribution in [2.45, 2.75) is 12.6 Å². The average molecular weight is 487 g/mol. The van der Waals surface area contributed by atoms with Crippen LogP contribution in [0.3, 0.4) is 0 Å². The van der Waals surface area contributed by atoms with Gasteiger partial charge in [0.15, 0.2) is 5.75 Å². The van der Waals surface area contributed by atoms with Gasteiger partial charge < -0.3 is 14.7 Å². The third kappa shape index (κ3) is 4.17. The molecule has 1 aliphatic heterocycles. The number of aromatic nitrogens is 1. The SMILES string of the molecule is COc1c(Cl)cc(/C(O)=C2\C(=O)C(=O)N(Cc3cccnc3)C2c2ccccc2F)cc1Cl. The summed E-state index contributed by atoms with van der Waals surface area (Å²) in [7, 11) is 1.38. The Labute approximate surface area is 198 Å². The first kappa shape index (κ1) is 22.8. The van der Waals surface area contributed by atoms with Gasteiger partial charge in [-0.2, -0.15) is 0 Å². The summed E-state index contributed by atoms with van der Waals surface area (Å²) in [6.45, 7) is -0.0156. The van der Waals surface area contributed by atoms with Crippen molar-refractivity contribution in [3.63, 3.8) is 0 Å². The Morgan fingerprint density at radius 1 is 1.15 bits per heavy atom. The average Bonchev–Trinajstić information content (AvgIpc) is 3.04. The summed E-state index contributed by atoms with van der Waals surface area (Å²) in [5.41, 5.74) is 0.516. The number of methoxy groups -OCH3 is 1. The van der Waals surface area contributed by atoms with Crippen molar-refractivity contribution >= 4 is 40.7 Å². The maximum Gasteiger partial charge on any atom is 0.295 e. The lowest BCUT2D eigenvalue weighted by Crippen LogP contribution is -2.29. The van der Waals surface area contributed by atoms with E-state index >= 15 is 0 Å². The zero-order valence-corrected chi connectivity index (χ0v) is 18.8. The van der Waals surface area contributed by atoms with E-state index in [1.165, 1.54) is 42.3 Å². The second-order valence-corrected chi connectivity index (χ2v) is 8.10. The lowest BCUT2D eigenvalue weighted by atomic mass is 9.94. The zero-order valence-electron chi connectivity index (χ0n) is 17.3. The fourth-order valence-corrected chi connectivity index (χ4v) is 4.44. The lowest BCUT2D eigenvalue weighted by Gasteiger charge is -2.25. The maximum atomic E-state index is 14.8. The first-order valence-electron chi connectivity index (χ1n) is 9.78. The minimum absolute atomic E-state index is 0.0156. The molecule has 33 heavy (non-hydrogen) atoms. The van der Waals surface area contributed by atoms with Crippen LogP contribution in [-0.4, -0.2) is 33.8 Å². The molecule has 1 saturated heterocycles. The predicted octanol–water partition coefficient (Wildman–Crippen LogP) is 5.16. The number of halogens is 3. The van der Waals surface area contributed by atoms with Crippen LogP contribution in [-0.2, 0) is 16.1 Å². The Morgan fingerprint density at radius 3 is 2.45 bits per heavy atom. The molecule has 0 spiro atoms. The molecule has 1 N–H and O–H groups in total. The number of pyridine rings is 1. The zero-order chi connectivity index (χ0) is 23.7. The summed E-state index contributed by atoms with van der Waals surface area (Å²) in [5, 5.41) is 11.3.